The second-order valence-corrected chi connectivity index (χ2v) is 5.70. The first-order valence-electron chi connectivity index (χ1n) is 6.96. The van der Waals surface area contributed by atoms with Crippen LogP contribution < -0.4 is 5.84 Å². The minimum absolute atomic E-state index is 0.0201. The van der Waals surface area contributed by atoms with Crippen molar-refractivity contribution < 1.29 is 9.18 Å². The van der Waals surface area contributed by atoms with E-state index in [1.165, 1.54) is 11.1 Å². The van der Waals surface area contributed by atoms with E-state index in [1.807, 2.05) is 6.92 Å². The van der Waals surface area contributed by atoms with Crippen LogP contribution in [0.2, 0.25) is 0 Å². The number of hydrazine groups is 1. The summed E-state index contributed by atoms with van der Waals surface area (Å²) in [7, 11) is 0. The molecular formula is C15H19FN2O. The van der Waals surface area contributed by atoms with E-state index in [2.05, 4.69) is 0 Å². The van der Waals surface area contributed by atoms with Gasteiger partial charge in [0.1, 0.15) is 5.82 Å². The van der Waals surface area contributed by atoms with Crippen molar-refractivity contribution in [3.05, 3.63) is 35.1 Å². The first-order chi connectivity index (χ1) is 9.09. The fourth-order valence-electron chi connectivity index (χ4n) is 3.59. The molecule has 0 radical (unpaired) electrons. The maximum absolute atomic E-state index is 13.6. The number of rotatable bonds is 0. The first kappa shape index (κ1) is 12.6. The van der Waals surface area contributed by atoms with Gasteiger partial charge in [-0.15, -0.1) is 0 Å². The van der Waals surface area contributed by atoms with Crippen molar-refractivity contribution in [2.24, 2.45) is 5.84 Å². The number of amides is 1. The van der Waals surface area contributed by atoms with E-state index in [1.54, 1.807) is 12.1 Å². The molecule has 19 heavy (non-hydrogen) atoms. The highest BCUT2D eigenvalue weighted by molar-refractivity contribution is 5.84. The minimum Gasteiger partial charge on any atom is -0.276 e. The number of carbonyl (C=O) groups excluding carboxylic acids is 1. The van der Waals surface area contributed by atoms with Gasteiger partial charge < -0.3 is 0 Å². The standard InChI is InChI=1S/C15H19FN2O/c1-9-11-7-6-10(16)8-13(11)12-4-2-3-5-14(12)18(17)15(9)19/h6-9,12,14H,2-5,17H2,1H3. The molecule has 1 aliphatic heterocycles. The summed E-state index contributed by atoms with van der Waals surface area (Å²) in [4.78, 5) is 12.4. The van der Waals surface area contributed by atoms with E-state index >= 15 is 0 Å². The topological polar surface area (TPSA) is 46.3 Å². The molecular weight excluding hydrogens is 243 g/mol. The smallest absolute Gasteiger partial charge is 0.244 e. The monoisotopic (exact) mass is 262 g/mol. The van der Waals surface area contributed by atoms with Gasteiger partial charge in [0, 0.05) is 5.92 Å². The molecule has 2 aliphatic rings. The number of fused-ring (bicyclic) bond motifs is 3. The number of benzene rings is 1. The molecule has 0 bridgehead atoms. The van der Waals surface area contributed by atoms with Crippen molar-refractivity contribution in [1.82, 2.24) is 5.01 Å². The molecule has 2 N–H and O–H groups in total. The normalized spacial score (nSPS) is 30.6. The molecule has 3 unspecified atom stereocenters. The molecule has 1 aromatic carbocycles. The molecule has 0 saturated heterocycles. The van der Waals surface area contributed by atoms with E-state index in [0.29, 0.717) is 0 Å². The molecule has 1 amide bonds. The van der Waals surface area contributed by atoms with Crippen LogP contribution in [-0.2, 0) is 4.79 Å². The number of nitrogens with zero attached hydrogens (tertiary/aromatic N) is 1. The van der Waals surface area contributed by atoms with Crippen molar-refractivity contribution in [1.29, 1.82) is 0 Å². The molecule has 1 saturated carbocycles. The van der Waals surface area contributed by atoms with Crippen LogP contribution >= 0.6 is 0 Å². The predicted octanol–water partition coefficient (Wildman–Crippen LogP) is 2.67. The Morgan fingerprint density at radius 1 is 1.26 bits per heavy atom. The van der Waals surface area contributed by atoms with Crippen molar-refractivity contribution in [3.8, 4) is 0 Å². The molecule has 1 aromatic rings. The molecule has 4 heteroatoms. The van der Waals surface area contributed by atoms with Gasteiger partial charge in [0.25, 0.3) is 0 Å². The minimum atomic E-state index is -0.286. The number of halogens is 1. The second-order valence-electron chi connectivity index (χ2n) is 5.70. The van der Waals surface area contributed by atoms with Crippen LogP contribution in [0, 0.1) is 5.82 Å². The number of carbonyl (C=O) groups is 1. The third-order valence-corrected chi connectivity index (χ3v) is 4.63. The first-order valence-corrected chi connectivity index (χ1v) is 6.96. The molecule has 1 aliphatic carbocycles. The largest absolute Gasteiger partial charge is 0.276 e. The van der Waals surface area contributed by atoms with Crippen LogP contribution in [-0.4, -0.2) is 17.0 Å². The van der Waals surface area contributed by atoms with Crippen LogP contribution in [0.15, 0.2) is 18.2 Å². The summed E-state index contributed by atoms with van der Waals surface area (Å²) in [6, 6.07) is 4.80. The molecule has 3 atom stereocenters. The van der Waals surface area contributed by atoms with Gasteiger partial charge in [0.2, 0.25) is 5.91 Å². The fraction of sp³-hybridized carbons (Fsp3) is 0.533. The Hall–Kier alpha value is -1.42. The van der Waals surface area contributed by atoms with Gasteiger partial charge in [-0.05, 0) is 43.0 Å². The van der Waals surface area contributed by atoms with Crippen LogP contribution in [0.5, 0.6) is 0 Å². The average molecular weight is 262 g/mol. The Bertz CT molecular complexity index is 517. The van der Waals surface area contributed by atoms with Gasteiger partial charge in [-0.1, -0.05) is 18.9 Å². The van der Waals surface area contributed by atoms with Crippen LogP contribution in [0.25, 0.3) is 0 Å². The van der Waals surface area contributed by atoms with Gasteiger partial charge >= 0.3 is 0 Å². The average Bonchev–Trinajstić information content (AvgIpc) is 2.51. The Balaban J connectivity index is 2.15. The number of hydrogen-bond acceptors (Lipinski definition) is 2. The van der Waals surface area contributed by atoms with Crippen molar-refractivity contribution in [3.63, 3.8) is 0 Å². The van der Waals surface area contributed by atoms with E-state index in [4.69, 9.17) is 5.84 Å². The Morgan fingerprint density at radius 2 is 2.00 bits per heavy atom. The third kappa shape index (κ3) is 1.94. The molecule has 1 fully saturated rings. The lowest BCUT2D eigenvalue weighted by atomic mass is 9.78. The van der Waals surface area contributed by atoms with Crippen molar-refractivity contribution >= 4 is 5.91 Å². The highest BCUT2D eigenvalue weighted by Gasteiger charge is 2.39. The van der Waals surface area contributed by atoms with Gasteiger partial charge in [-0.3, -0.25) is 9.80 Å². The van der Waals surface area contributed by atoms with Crippen LogP contribution in [0.4, 0.5) is 4.39 Å². The molecule has 3 rings (SSSR count). The van der Waals surface area contributed by atoms with E-state index in [-0.39, 0.29) is 29.6 Å². The lowest BCUT2D eigenvalue weighted by molar-refractivity contribution is -0.135. The molecule has 0 aromatic heterocycles. The summed E-state index contributed by atoms with van der Waals surface area (Å²) < 4.78 is 13.6. The van der Waals surface area contributed by atoms with Crippen molar-refractivity contribution in [2.45, 2.75) is 50.5 Å². The maximum Gasteiger partial charge on any atom is 0.244 e. The summed E-state index contributed by atoms with van der Waals surface area (Å²) in [5.41, 5.74) is 1.93. The van der Waals surface area contributed by atoms with Gasteiger partial charge in [0.15, 0.2) is 0 Å². The molecule has 0 spiro atoms. The highest BCUT2D eigenvalue weighted by atomic mass is 19.1. The fourth-order valence-corrected chi connectivity index (χ4v) is 3.59. The third-order valence-electron chi connectivity index (χ3n) is 4.63. The van der Waals surface area contributed by atoms with E-state index in [9.17, 15) is 9.18 Å². The van der Waals surface area contributed by atoms with Gasteiger partial charge in [0.05, 0.1) is 12.0 Å². The summed E-state index contributed by atoms with van der Waals surface area (Å²) in [5, 5.41) is 1.41. The molecule has 3 nitrogen and oxygen atoms in total. The van der Waals surface area contributed by atoms with Crippen LogP contribution in [0.3, 0.4) is 0 Å². The van der Waals surface area contributed by atoms with Gasteiger partial charge in [-0.2, -0.15) is 0 Å². The quantitative estimate of drug-likeness (QED) is 0.577. The van der Waals surface area contributed by atoms with Crippen molar-refractivity contribution in [2.75, 3.05) is 0 Å². The highest BCUT2D eigenvalue weighted by Crippen LogP contribution is 2.42. The van der Waals surface area contributed by atoms with E-state index < -0.39 is 0 Å². The second kappa shape index (κ2) is 4.60. The zero-order valence-electron chi connectivity index (χ0n) is 11.1. The Kier molecular flexibility index (Phi) is 3.05. The lowest BCUT2D eigenvalue weighted by Gasteiger charge is -2.36. The lowest BCUT2D eigenvalue weighted by Crippen LogP contribution is -2.49. The maximum atomic E-state index is 13.6. The predicted molar refractivity (Wildman–Crippen MR) is 70.8 cm³/mol. The zero-order chi connectivity index (χ0) is 13.6. The Labute approximate surface area is 112 Å². The number of nitrogens with two attached hydrogens (primary N) is 1. The molecule has 102 valence electrons. The summed E-state index contributed by atoms with van der Waals surface area (Å²) >= 11 is 0. The SMILES string of the molecule is CC1C(=O)N(N)C2CCCCC2c2cc(F)ccc21. The van der Waals surface area contributed by atoms with E-state index in [0.717, 1.165) is 36.8 Å². The number of hydrogen-bond donors (Lipinski definition) is 1. The summed E-state index contributed by atoms with van der Waals surface area (Å²) in [6.45, 7) is 1.86. The van der Waals surface area contributed by atoms with Crippen LogP contribution in [0.1, 0.15) is 55.6 Å². The zero-order valence-corrected chi connectivity index (χ0v) is 11.1. The molecule has 1 heterocycles. The Morgan fingerprint density at radius 3 is 2.79 bits per heavy atom. The van der Waals surface area contributed by atoms with Gasteiger partial charge in [-0.25, -0.2) is 10.2 Å². The summed E-state index contributed by atoms with van der Waals surface area (Å²) in [5.74, 6) is 5.64. The summed E-state index contributed by atoms with van der Waals surface area (Å²) in [6.07, 6.45) is 4.10.